The van der Waals surface area contributed by atoms with Crippen LogP contribution in [0.1, 0.15) is 21.5 Å². The molecule has 4 heteroatoms. The van der Waals surface area contributed by atoms with Crippen molar-refractivity contribution in [1.82, 2.24) is 0 Å². The Labute approximate surface area is 118 Å². The molecule has 0 spiro atoms. The molecule has 0 saturated carbocycles. The Hall–Kier alpha value is -2.49. The van der Waals surface area contributed by atoms with Crippen molar-refractivity contribution in [3.63, 3.8) is 0 Å². The first-order valence-corrected chi connectivity index (χ1v) is 6.25. The Morgan fingerprint density at radius 2 is 1.85 bits per heavy atom. The number of benzene rings is 2. The van der Waals surface area contributed by atoms with Crippen molar-refractivity contribution in [2.45, 2.75) is 13.8 Å². The fourth-order valence-electron chi connectivity index (χ4n) is 1.84. The summed E-state index contributed by atoms with van der Waals surface area (Å²) < 4.78 is 10.5. The van der Waals surface area contributed by atoms with Gasteiger partial charge in [0.2, 0.25) is 0 Å². The van der Waals surface area contributed by atoms with E-state index in [0.29, 0.717) is 17.0 Å². The maximum absolute atomic E-state index is 11.4. The number of nitrogen functional groups attached to an aromatic ring is 1. The van der Waals surface area contributed by atoms with Crippen LogP contribution in [0.4, 0.5) is 5.69 Å². The van der Waals surface area contributed by atoms with Gasteiger partial charge in [-0.15, -0.1) is 0 Å². The number of hydrogen-bond acceptors (Lipinski definition) is 4. The predicted molar refractivity (Wildman–Crippen MR) is 78.2 cm³/mol. The predicted octanol–water partition coefficient (Wildman–Crippen LogP) is 3.46. The summed E-state index contributed by atoms with van der Waals surface area (Å²) in [6.45, 7) is 4.01. The van der Waals surface area contributed by atoms with Crippen LogP contribution >= 0.6 is 0 Å². The molecule has 2 N–H and O–H groups in total. The standard InChI is InChI=1S/C16H17NO3/c1-10-5-4-6-14(11(10)2)20-15-8-7-12(9-13(15)17)16(18)19-3/h4-9H,17H2,1-3H3. The van der Waals surface area contributed by atoms with Gasteiger partial charge in [0.15, 0.2) is 0 Å². The zero-order chi connectivity index (χ0) is 14.7. The zero-order valence-electron chi connectivity index (χ0n) is 11.8. The second kappa shape index (κ2) is 5.65. The molecule has 0 aliphatic carbocycles. The van der Waals surface area contributed by atoms with Crippen molar-refractivity contribution in [1.29, 1.82) is 0 Å². The fraction of sp³-hybridized carbons (Fsp3) is 0.188. The van der Waals surface area contributed by atoms with Crippen molar-refractivity contribution in [2.24, 2.45) is 0 Å². The van der Waals surface area contributed by atoms with Crippen LogP contribution in [-0.4, -0.2) is 13.1 Å². The lowest BCUT2D eigenvalue weighted by Crippen LogP contribution is -2.03. The number of esters is 1. The van der Waals surface area contributed by atoms with Gasteiger partial charge in [-0.3, -0.25) is 0 Å². The number of nitrogens with two attached hydrogens (primary N) is 1. The molecule has 0 heterocycles. The minimum Gasteiger partial charge on any atom is -0.465 e. The molecule has 104 valence electrons. The lowest BCUT2D eigenvalue weighted by molar-refractivity contribution is 0.0601. The maximum atomic E-state index is 11.4. The Morgan fingerprint density at radius 3 is 2.50 bits per heavy atom. The van der Waals surface area contributed by atoms with E-state index in [0.717, 1.165) is 16.9 Å². The van der Waals surface area contributed by atoms with Crippen LogP contribution in [0.15, 0.2) is 36.4 Å². The van der Waals surface area contributed by atoms with Crippen LogP contribution in [0.5, 0.6) is 11.5 Å². The molecule has 20 heavy (non-hydrogen) atoms. The van der Waals surface area contributed by atoms with Gasteiger partial charge in [-0.1, -0.05) is 12.1 Å². The molecule has 4 nitrogen and oxygen atoms in total. The molecule has 2 aromatic rings. The molecular formula is C16H17NO3. The summed E-state index contributed by atoms with van der Waals surface area (Å²) in [6.07, 6.45) is 0. The highest BCUT2D eigenvalue weighted by atomic mass is 16.5. The van der Waals surface area contributed by atoms with Gasteiger partial charge in [-0.05, 0) is 49.2 Å². The summed E-state index contributed by atoms with van der Waals surface area (Å²) >= 11 is 0. The second-order valence-corrected chi connectivity index (χ2v) is 4.54. The van der Waals surface area contributed by atoms with Crippen LogP contribution in [0.3, 0.4) is 0 Å². The summed E-state index contributed by atoms with van der Waals surface area (Å²) in [5, 5.41) is 0. The van der Waals surface area contributed by atoms with Gasteiger partial charge in [0.25, 0.3) is 0 Å². The topological polar surface area (TPSA) is 61.5 Å². The molecule has 0 unspecified atom stereocenters. The highest BCUT2D eigenvalue weighted by molar-refractivity contribution is 5.90. The summed E-state index contributed by atoms with van der Waals surface area (Å²) in [5.41, 5.74) is 8.92. The van der Waals surface area contributed by atoms with Crippen LogP contribution < -0.4 is 10.5 Å². The normalized spacial score (nSPS) is 10.2. The summed E-state index contributed by atoms with van der Waals surface area (Å²) in [7, 11) is 1.33. The lowest BCUT2D eigenvalue weighted by atomic mass is 10.1. The zero-order valence-corrected chi connectivity index (χ0v) is 11.8. The minimum atomic E-state index is -0.421. The molecule has 2 aromatic carbocycles. The van der Waals surface area contributed by atoms with Gasteiger partial charge in [-0.25, -0.2) is 4.79 Å². The van der Waals surface area contributed by atoms with E-state index >= 15 is 0 Å². The first-order valence-electron chi connectivity index (χ1n) is 6.25. The molecule has 0 atom stereocenters. The fourth-order valence-corrected chi connectivity index (χ4v) is 1.84. The number of carbonyl (C=O) groups is 1. The third-order valence-electron chi connectivity index (χ3n) is 3.21. The van der Waals surface area contributed by atoms with Crippen LogP contribution in [0.25, 0.3) is 0 Å². The average molecular weight is 271 g/mol. The molecule has 0 aliphatic rings. The van der Waals surface area contributed by atoms with Gasteiger partial charge in [0.1, 0.15) is 11.5 Å². The molecule has 0 fully saturated rings. The van der Waals surface area contributed by atoms with Gasteiger partial charge < -0.3 is 15.2 Å². The number of ether oxygens (including phenoxy) is 2. The quantitative estimate of drug-likeness (QED) is 0.686. The smallest absolute Gasteiger partial charge is 0.337 e. The van der Waals surface area contributed by atoms with Gasteiger partial charge >= 0.3 is 5.97 Å². The van der Waals surface area contributed by atoms with E-state index < -0.39 is 5.97 Å². The van der Waals surface area contributed by atoms with E-state index in [2.05, 4.69) is 4.74 Å². The molecule has 2 rings (SSSR count). The van der Waals surface area contributed by atoms with Gasteiger partial charge in [0, 0.05) is 0 Å². The van der Waals surface area contributed by atoms with Gasteiger partial charge in [0.05, 0.1) is 18.4 Å². The van der Waals surface area contributed by atoms with E-state index in [-0.39, 0.29) is 0 Å². The largest absolute Gasteiger partial charge is 0.465 e. The van der Waals surface area contributed by atoms with Gasteiger partial charge in [-0.2, -0.15) is 0 Å². The van der Waals surface area contributed by atoms with Crippen molar-refractivity contribution in [3.8, 4) is 11.5 Å². The second-order valence-electron chi connectivity index (χ2n) is 4.54. The first-order chi connectivity index (χ1) is 9.52. The SMILES string of the molecule is COC(=O)c1ccc(Oc2cccc(C)c2C)c(N)c1. The molecule has 0 bridgehead atoms. The highest BCUT2D eigenvalue weighted by Gasteiger charge is 2.10. The van der Waals surface area contributed by atoms with Crippen molar-refractivity contribution in [3.05, 3.63) is 53.1 Å². The molecule has 0 amide bonds. The summed E-state index contributed by atoms with van der Waals surface area (Å²) in [4.78, 5) is 11.4. The lowest BCUT2D eigenvalue weighted by Gasteiger charge is -2.12. The van der Waals surface area contributed by atoms with E-state index in [1.807, 2.05) is 32.0 Å². The Morgan fingerprint density at radius 1 is 1.10 bits per heavy atom. The molecule has 0 radical (unpaired) electrons. The number of rotatable bonds is 3. The number of hydrogen-bond donors (Lipinski definition) is 1. The van der Waals surface area contributed by atoms with E-state index in [1.165, 1.54) is 7.11 Å². The number of anilines is 1. The van der Waals surface area contributed by atoms with Crippen LogP contribution in [0, 0.1) is 13.8 Å². The summed E-state index contributed by atoms with van der Waals surface area (Å²) in [6, 6.07) is 10.7. The van der Waals surface area contributed by atoms with Crippen molar-refractivity contribution in [2.75, 3.05) is 12.8 Å². The Bertz CT molecular complexity index is 650. The molecule has 0 aromatic heterocycles. The Balaban J connectivity index is 2.30. The third kappa shape index (κ3) is 2.74. The summed E-state index contributed by atoms with van der Waals surface area (Å²) in [5.74, 6) is 0.851. The maximum Gasteiger partial charge on any atom is 0.337 e. The van der Waals surface area contributed by atoms with Crippen LogP contribution in [0.2, 0.25) is 0 Å². The molecule has 0 saturated heterocycles. The monoisotopic (exact) mass is 271 g/mol. The molecular weight excluding hydrogens is 254 g/mol. The number of aryl methyl sites for hydroxylation is 1. The minimum absolute atomic E-state index is 0.397. The van der Waals surface area contributed by atoms with Crippen molar-refractivity contribution >= 4 is 11.7 Å². The first kappa shape index (κ1) is 13.9. The average Bonchev–Trinajstić information content (AvgIpc) is 2.45. The van der Waals surface area contributed by atoms with Crippen molar-refractivity contribution < 1.29 is 14.3 Å². The van der Waals surface area contributed by atoms with Crippen LogP contribution in [-0.2, 0) is 4.74 Å². The Kier molecular flexibility index (Phi) is 3.94. The van der Waals surface area contributed by atoms with E-state index in [9.17, 15) is 4.79 Å². The molecule has 0 aliphatic heterocycles. The number of methoxy groups -OCH3 is 1. The highest BCUT2D eigenvalue weighted by Crippen LogP contribution is 2.31. The number of carbonyl (C=O) groups excluding carboxylic acids is 1. The van der Waals surface area contributed by atoms with E-state index in [4.69, 9.17) is 10.5 Å². The third-order valence-corrected chi connectivity index (χ3v) is 3.21. The van der Waals surface area contributed by atoms with E-state index in [1.54, 1.807) is 18.2 Å².